The molecule has 1 atom stereocenters. The summed E-state index contributed by atoms with van der Waals surface area (Å²) < 4.78 is 0.0719. The molecule has 0 aliphatic heterocycles. The highest BCUT2D eigenvalue weighted by Gasteiger charge is 2.10. The van der Waals surface area contributed by atoms with E-state index in [1.165, 1.54) is 16.0 Å². The lowest BCUT2D eigenvalue weighted by Crippen LogP contribution is -2.32. The number of H-pyrrole nitrogens is 1. The van der Waals surface area contributed by atoms with Crippen LogP contribution in [-0.4, -0.2) is 26.7 Å². The second kappa shape index (κ2) is 9.99. The van der Waals surface area contributed by atoms with Gasteiger partial charge in [-0.1, -0.05) is 71.5 Å². The second-order valence-corrected chi connectivity index (χ2v) is 8.68. The van der Waals surface area contributed by atoms with Crippen LogP contribution >= 0.6 is 33.9 Å². The monoisotopic (exact) mass is 506 g/mol. The molecular weight excluding hydrogens is 483 g/mol. The fourth-order valence-electron chi connectivity index (χ4n) is 2.72. The number of alkyl halides is 1. The molecule has 3 N–H and O–H groups in total. The van der Waals surface area contributed by atoms with E-state index in [-0.39, 0.29) is 16.5 Å². The zero-order chi connectivity index (χ0) is 19.9. The molecular formula is C21H23IN4OS. The largest absolute Gasteiger partial charge is 0.308 e. The number of allylic oxidation sites excluding steroid dienone is 1. The molecule has 0 aliphatic carbocycles. The first kappa shape index (κ1) is 20.8. The molecule has 2 heterocycles. The third kappa shape index (κ3) is 5.76. The molecule has 0 saturated heterocycles. The fourth-order valence-corrected chi connectivity index (χ4v) is 4.19. The third-order valence-corrected chi connectivity index (χ3v) is 5.98. The van der Waals surface area contributed by atoms with Gasteiger partial charge in [0.2, 0.25) is 5.91 Å². The average Bonchev–Trinajstić information content (AvgIpc) is 3.37. The van der Waals surface area contributed by atoms with Gasteiger partial charge in [0.15, 0.2) is 5.82 Å². The number of halogens is 1. The summed E-state index contributed by atoms with van der Waals surface area (Å²) in [6.07, 6.45) is 3.13. The maximum atomic E-state index is 12.2. The Balaban J connectivity index is 1.52. The average molecular weight is 506 g/mol. The van der Waals surface area contributed by atoms with Crippen molar-refractivity contribution in [3.63, 3.8) is 0 Å². The summed E-state index contributed by atoms with van der Waals surface area (Å²) in [6, 6.07) is 14.2. The predicted molar refractivity (Wildman–Crippen MR) is 126 cm³/mol. The van der Waals surface area contributed by atoms with E-state index in [1.807, 2.05) is 30.3 Å². The van der Waals surface area contributed by atoms with Gasteiger partial charge >= 0.3 is 0 Å². The SMILES string of the molecule is CC/C(=C\C(I)NCC(=O)Nc1cc(-c2ccc(C)cc2)[nH]n1)c1cccs1. The third-order valence-electron chi connectivity index (χ3n) is 4.23. The number of thiophene rings is 1. The molecule has 2 aromatic heterocycles. The lowest BCUT2D eigenvalue weighted by Gasteiger charge is -2.10. The Labute approximate surface area is 182 Å². The van der Waals surface area contributed by atoms with Crippen LogP contribution in [0.25, 0.3) is 16.8 Å². The summed E-state index contributed by atoms with van der Waals surface area (Å²) in [5.41, 5.74) is 4.41. The molecule has 0 spiro atoms. The number of aromatic amines is 1. The highest BCUT2D eigenvalue weighted by molar-refractivity contribution is 14.1. The molecule has 28 heavy (non-hydrogen) atoms. The van der Waals surface area contributed by atoms with Crippen molar-refractivity contribution in [2.24, 2.45) is 0 Å². The molecule has 1 unspecified atom stereocenters. The number of benzene rings is 1. The van der Waals surface area contributed by atoms with Crippen molar-refractivity contribution < 1.29 is 4.79 Å². The Kier molecular flexibility index (Phi) is 7.41. The van der Waals surface area contributed by atoms with Crippen LogP contribution in [0.3, 0.4) is 0 Å². The fraction of sp³-hybridized carbons (Fsp3) is 0.238. The van der Waals surface area contributed by atoms with E-state index in [1.54, 1.807) is 11.3 Å². The van der Waals surface area contributed by atoms with Gasteiger partial charge in [-0.3, -0.25) is 15.2 Å². The summed E-state index contributed by atoms with van der Waals surface area (Å²) in [7, 11) is 0. The van der Waals surface area contributed by atoms with Crippen LogP contribution in [0.2, 0.25) is 0 Å². The van der Waals surface area contributed by atoms with E-state index in [2.05, 4.69) is 80.9 Å². The van der Waals surface area contributed by atoms with Crippen LogP contribution in [0.15, 0.2) is 53.9 Å². The van der Waals surface area contributed by atoms with Gasteiger partial charge in [0.05, 0.1) is 16.3 Å². The zero-order valence-electron chi connectivity index (χ0n) is 15.8. The maximum Gasteiger partial charge on any atom is 0.239 e. The zero-order valence-corrected chi connectivity index (χ0v) is 18.8. The Bertz CT molecular complexity index is 932. The number of amides is 1. The van der Waals surface area contributed by atoms with Crippen molar-refractivity contribution in [2.45, 2.75) is 24.3 Å². The Hall–Kier alpha value is -1.97. The van der Waals surface area contributed by atoms with Gasteiger partial charge in [-0.15, -0.1) is 11.3 Å². The summed E-state index contributed by atoms with van der Waals surface area (Å²) in [5.74, 6) is 0.405. The quantitative estimate of drug-likeness (QED) is 0.223. The van der Waals surface area contributed by atoms with Gasteiger partial charge in [0.1, 0.15) is 0 Å². The lowest BCUT2D eigenvalue weighted by molar-refractivity contribution is -0.115. The Morgan fingerprint density at radius 2 is 2.11 bits per heavy atom. The van der Waals surface area contributed by atoms with Crippen molar-refractivity contribution in [3.8, 4) is 11.3 Å². The van der Waals surface area contributed by atoms with E-state index in [0.717, 1.165) is 17.7 Å². The molecule has 0 bridgehead atoms. The summed E-state index contributed by atoms with van der Waals surface area (Å²) in [6.45, 7) is 4.41. The van der Waals surface area contributed by atoms with Crippen molar-refractivity contribution in [2.75, 3.05) is 11.9 Å². The molecule has 3 rings (SSSR count). The molecule has 1 amide bonds. The van der Waals surface area contributed by atoms with Gasteiger partial charge in [-0.25, -0.2) is 0 Å². The summed E-state index contributed by atoms with van der Waals surface area (Å²) >= 11 is 4.03. The predicted octanol–water partition coefficient (Wildman–Crippen LogP) is 5.23. The minimum absolute atomic E-state index is 0.0719. The number of carbonyl (C=O) groups excluding carboxylic acids is 1. The van der Waals surface area contributed by atoms with Crippen LogP contribution in [0.4, 0.5) is 5.82 Å². The minimum Gasteiger partial charge on any atom is -0.308 e. The van der Waals surface area contributed by atoms with E-state index < -0.39 is 0 Å². The number of hydrogen-bond donors (Lipinski definition) is 3. The van der Waals surface area contributed by atoms with Gasteiger partial charge in [0.25, 0.3) is 0 Å². The maximum absolute atomic E-state index is 12.2. The van der Waals surface area contributed by atoms with E-state index in [0.29, 0.717) is 5.82 Å². The first-order valence-electron chi connectivity index (χ1n) is 9.09. The first-order valence-corrected chi connectivity index (χ1v) is 11.2. The van der Waals surface area contributed by atoms with Crippen LogP contribution in [0.1, 0.15) is 23.8 Å². The topological polar surface area (TPSA) is 69.8 Å². The highest BCUT2D eigenvalue weighted by Crippen LogP contribution is 2.24. The van der Waals surface area contributed by atoms with Crippen LogP contribution in [-0.2, 0) is 4.79 Å². The number of rotatable bonds is 8. The van der Waals surface area contributed by atoms with Gasteiger partial charge in [-0.2, -0.15) is 5.10 Å². The van der Waals surface area contributed by atoms with Crippen LogP contribution in [0, 0.1) is 6.92 Å². The molecule has 146 valence electrons. The molecule has 0 radical (unpaired) electrons. The number of aromatic nitrogens is 2. The summed E-state index contributed by atoms with van der Waals surface area (Å²) in [5, 5.41) is 15.3. The molecule has 1 aromatic carbocycles. The normalized spacial score (nSPS) is 12.8. The van der Waals surface area contributed by atoms with Crippen LogP contribution < -0.4 is 10.6 Å². The Morgan fingerprint density at radius 3 is 2.79 bits per heavy atom. The minimum atomic E-state index is -0.119. The number of anilines is 1. The Morgan fingerprint density at radius 1 is 1.32 bits per heavy atom. The first-order chi connectivity index (χ1) is 13.5. The van der Waals surface area contributed by atoms with E-state index in [9.17, 15) is 4.79 Å². The molecule has 0 saturated carbocycles. The van der Waals surface area contributed by atoms with Gasteiger partial charge in [0, 0.05) is 10.9 Å². The van der Waals surface area contributed by atoms with Crippen molar-refractivity contribution in [1.29, 1.82) is 0 Å². The van der Waals surface area contributed by atoms with Gasteiger partial charge in [-0.05, 0) is 35.9 Å². The number of hydrogen-bond acceptors (Lipinski definition) is 4. The molecule has 5 nitrogen and oxygen atoms in total. The lowest BCUT2D eigenvalue weighted by atomic mass is 10.1. The number of carbonyl (C=O) groups is 1. The van der Waals surface area contributed by atoms with Crippen molar-refractivity contribution in [1.82, 2.24) is 15.5 Å². The standard InChI is InChI=1S/C21H23IN4OS/c1-3-15(18-5-4-10-28-18)11-19(22)23-13-21(27)24-20-12-17(25-26-20)16-8-6-14(2)7-9-16/h4-12,19,23H,3,13H2,1-2H3,(H2,24,25,26,27)/b15-11+. The van der Waals surface area contributed by atoms with Crippen molar-refractivity contribution in [3.05, 3.63) is 64.4 Å². The van der Waals surface area contributed by atoms with Crippen LogP contribution in [0.5, 0.6) is 0 Å². The number of nitrogens with one attached hydrogen (secondary N) is 3. The molecule has 0 fully saturated rings. The van der Waals surface area contributed by atoms with E-state index in [4.69, 9.17) is 0 Å². The molecule has 3 aromatic rings. The number of aryl methyl sites for hydroxylation is 1. The second-order valence-electron chi connectivity index (χ2n) is 6.39. The smallest absolute Gasteiger partial charge is 0.239 e. The summed E-state index contributed by atoms with van der Waals surface area (Å²) in [4.78, 5) is 13.5. The molecule has 7 heteroatoms. The van der Waals surface area contributed by atoms with Crippen molar-refractivity contribution >= 4 is 51.2 Å². The van der Waals surface area contributed by atoms with E-state index >= 15 is 0 Å². The van der Waals surface area contributed by atoms with Gasteiger partial charge < -0.3 is 5.32 Å². The number of nitrogens with zero attached hydrogens (tertiary/aromatic N) is 1. The highest BCUT2D eigenvalue weighted by atomic mass is 127. The molecule has 0 aliphatic rings.